The molecule has 1 saturated heterocycles. The molecule has 2 N–H and O–H groups in total. The number of benzene rings is 1. The maximum absolute atomic E-state index is 15.6. The van der Waals surface area contributed by atoms with Gasteiger partial charge in [0.15, 0.2) is 11.6 Å². The summed E-state index contributed by atoms with van der Waals surface area (Å²) < 4.78 is 31.5. The van der Waals surface area contributed by atoms with Crippen LogP contribution in [0, 0.1) is 29.9 Å². The summed E-state index contributed by atoms with van der Waals surface area (Å²) in [5, 5.41) is 9.52. The fraction of sp³-hybridized carbons (Fsp3) is 0.303. The van der Waals surface area contributed by atoms with Crippen molar-refractivity contribution in [3.8, 4) is 23.0 Å². The number of piperazine rings is 1. The third-order valence-electron chi connectivity index (χ3n) is 8.31. The van der Waals surface area contributed by atoms with Crippen molar-refractivity contribution in [3.05, 3.63) is 84.9 Å². The summed E-state index contributed by atoms with van der Waals surface area (Å²) in [6, 6.07) is 4.59. The number of carbonyl (C=O) groups is 1. The molecule has 1 fully saturated rings. The van der Waals surface area contributed by atoms with E-state index < -0.39 is 38.5 Å². The average molecular weight is 701 g/mol. The summed E-state index contributed by atoms with van der Waals surface area (Å²) in [7, 11) is 0. The molecular formula is C33H30Cl3F2N7O2. The molecule has 14 heteroatoms. The number of aryl methyl sites for hydroxylation is 1. The number of nitriles is 1. The van der Waals surface area contributed by atoms with Crippen molar-refractivity contribution in [1.29, 1.82) is 5.26 Å². The highest BCUT2D eigenvalue weighted by Crippen LogP contribution is 2.44. The molecule has 0 saturated carbocycles. The van der Waals surface area contributed by atoms with Crippen LogP contribution in [0.4, 0.5) is 20.2 Å². The minimum absolute atomic E-state index is 0.000731. The van der Waals surface area contributed by atoms with Crippen LogP contribution in [0.1, 0.15) is 50.4 Å². The first-order valence-electron chi connectivity index (χ1n) is 14.6. The molecule has 4 aromatic rings. The van der Waals surface area contributed by atoms with Gasteiger partial charge in [-0.3, -0.25) is 19.1 Å². The van der Waals surface area contributed by atoms with Crippen LogP contribution in [0.2, 0.25) is 15.1 Å². The Labute approximate surface area is 284 Å². The van der Waals surface area contributed by atoms with E-state index in [1.54, 1.807) is 24.1 Å². The zero-order chi connectivity index (χ0) is 34.6. The second-order valence-corrected chi connectivity index (χ2v) is 12.9. The van der Waals surface area contributed by atoms with E-state index in [0.717, 1.165) is 0 Å². The number of halogens is 5. The van der Waals surface area contributed by atoms with Gasteiger partial charge < -0.3 is 15.5 Å². The van der Waals surface area contributed by atoms with Crippen LogP contribution >= 0.6 is 34.8 Å². The van der Waals surface area contributed by atoms with Gasteiger partial charge in [0.2, 0.25) is 5.91 Å². The number of nitrogen functional groups attached to an aromatic ring is 1. The Morgan fingerprint density at radius 2 is 1.79 bits per heavy atom. The summed E-state index contributed by atoms with van der Waals surface area (Å²) in [5.41, 5.74) is 5.01. The van der Waals surface area contributed by atoms with Crippen LogP contribution in [-0.2, 0) is 4.79 Å². The number of nitrogens with two attached hydrogens (primary N) is 1. The topological polar surface area (TPSA) is 121 Å². The van der Waals surface area contributed by atoms with Crippen LogP contribution in [0.3, 0.4) is 0 Å². The van der Waals surface area contributed by atoms with Gasteiger partial charge in [-0.1, -0.05) is 55.2 Å². The molecule has 1 aromatic carbocycles. The molecule has 0 radical (unpaired) electrons. The Bertz CT molecular complexity index is 2050. The van der Waals surface area contributed by atoms with Gasteiger partial charge in [0.05, 0.1) is 43.4 Å². The van der Waals surface area contributed by atoms with Gasteiger partial charge in [0.25, 0.3) is 5.56 Å². The van der Waals surface area contributed by atoms with Crippen molar-refractivity contribution in [1.82, 2.24) is 19.4 Å². The monoisotopic (exact) mass is 699 g/mol. The number of hydrogen-bond donors (Lipinski definition) is 1. The fourth-order valence-electron chi connectivity index (χ4n) is 6.27. The van der Waals surface area contributed by atoms with Crippen molar-refractivity contribution in [2.75, 3.05) is 23.7 Å². The molecule has 0 bridgehead atoms. The van der Waals surface area contributed by atoms with Crippen molar-refractivity contribution < 1.29 is 13.6 Å². The first-order chi connectivity index (χ1) is 22.2. The first kappa shape index (κ1) is 34.1. The number of anilines is 2. The molecule has 244 valence electrons. The molecule has 5 rings (SSSR count). The molecule has 1 aliphatic rings. The third-order valence-corrected chi connectivity index (χ3v) is 9.43. The second kappa shape index (κ2) is 12.8. The lowest BCUT2D eigenvalue weighted by Gasteiger charge is -2.45. The number of fused-ring (bicyclic) bond motifs is 1. The van der Waals surface area contributed by atoms with Crippen LogP contribution < -0.4 is 16.2 Å². The van der Waals surface area contributed by atoms with Gasteiger partial charge in [-0.05, 0) is 50.5 Å². The highest BCUT2D eigenvalue weighted by atomic mass is 35.5. The maximum Gasteiger partial charge on any atom is 0.276 e. The SMILES string of the molecule is C=CC(=O)N1[C@H](C)CN(c2c(C#N)c(=O)n(-c3c(C)ccnc3C(C)C)c3nc(-c4c(F)c(N)c(F)c(Cl)c4Cl)c(Cl)cc23)C[C@@H]1C. The highest BCUT2D eigenvalue weighted by Gasteiger charge is 2.36. The third kappa shape index (κ3) is 5.48. The second-order valence-electron chi connectivity index (χ2n) is 11.8. The number of nitrogens with zero attached hydrogens (tertiary/aromatic N) is 6. The highest BCUT2D eigenvalue weighted by molar-refractivity contribution is 6.44. The van der Waals surface area contributed by atoms with Crippen molar-refractivity contribution in [3.63, 3.8) is 0 Å². The molecular weight excluding hydrogens is 671 g/mol. The number of hydrogen-bond acceptors (Lipinski definition) is 7. The lowest BCUT2D eigenvalue weighted by Crippen LogP contribution is -2.58. The Kier molecular flexibility index (Phi) is 9.25. The van der Waals surface area contributed by atoms with Crippen LogP contribution in [0.5, 0.6) is 0 Å². The van der Waals surface area contributed by atoms with Crippen molar-refractivity contribution in [2.24, 2.45) is 0 Å². The smallest absolute Gasteiger partial charge is 0.276 e. The van der Waals surface area contributed by atoms with E-state index in [0.29, 0.717) is 16.9 Å². The van der Waals surface area contributed by atoms with E-state index in [-0.39, 0.29) is 70.0 Å². The lowest BCUT2D eigenvalue weighted by molar-refractivity contribution is -0.130. The number of rotatable bonds is 5. The Hall–Kier alpha value is -4.24. The molecule has 0 unspecified atom stereocenters. The van der Waals surface area contributed by atoms with E-state index in [2.05, 4.69) is 17.6 Å². The fourth-order valence-corrected chi connectivity index (χ4v) is 6.97. The van der Waals surface area contributed by atoms with Gasteiger partial charge in [0, 0.05) is 36.8 Å². The summed E-state index contributed by atoms with van der Waals surface area (Å²) in [5.74, 6) is -2.88. The molecule has 9 nitrogen and oxygen atoms in total. The zero-order valence-corrected chi connectivity index (χ0v) is 28.4. The molecule has 47 heavy (non-hydrogen) atoms. The standard InChI is InChI=1S/C33H30Cl3F2N7O2/c1-7-21(46)44-16(5)12-43(13-17(44)6)31-18-10-20(34)29(22-23(35)24(36)26(38)27(40)25(22)37)42-32(18)45(33(47)19(31)11-39)30-15(4)8-9-41-28(30)14(2)3/h7-10,14,16-17H,1,12-13,40H2,2-6H3/t16-,17+. The quantitative estimate of drug-likeness (QED) is 0.101. The van der Waals surface area contributed by atoms with E-state index in [9.17, 15) is 19.2 Å². The predicted molar refractivity (Wildman–Crippen MR) is 182 cm³/mol. The molecule has 1 aliphatic heterocycles. The summed E-state index contributed by atoms with van der Waals surface area (Å²) in [6.45, 7) is 13.4. The van der Waals surface area contributed by atoms with Gasteiger partial charge in [0.1, 0.15) is 23.0 Å². The molecule has 1 amide bonds. The minimum atomic E-state index is -1.24. The van der Waals surface area contributed by atoms with Crippen molar-refractivity contribution >= 4 is 63.1 Å². The van der Waals surface area contributed by atoms with Crippen LogP contribution in [-0.4, -0.2) is 50.5 Å². The summed E-state index contributed by atoms with van der Waals surface area (Å²) in [6.07, 6.45) is 2.86. The average Bonchev–Trinajstić information content (AvgIpc) is 3.02. The van der Waals surface area contributed by atoms with E-state index in [4.69, 9.17) is 45.5 Å². The van der Waals surface area contributed by atoms with Crippen molar-refractivity contribution in [2.45, 2.75) is 52.6 Å². The van der Waals surface area contributed by atoms with Gasteiger partial charge in [-0.25, -0.2) is 13.8 Å². The molecule has 2 atom stereocenters. The van der Waals surface area contributed by atoms with Crippen LogP contribution in [0.25, 0.3) is 28.0 Å². The van der Waals surface area contributed by atoms with Gasteiger partial charge >= 0.3 is 0 Å². The first-order valence-corrected chi connectivity index (χ1v) is 15.8. The molecule has 3 aromatic heterocycles. The molecule has 0 spiro atoms. The maximum atomic E-state index is 15.6. The molecule has 0 aliphatic carbocycles. The normalized spacial score (nSPS) is 16.6. The van der Waals surface area contributed by atoms with E-state index in [1.165, 1.54) is 16.7 Å². The van der Waals surface area contributed by atoms with E-state index >= 15 is 4.39 Å². The zero-order valence-electron chi connectivity index (χ0n) is 26.1. The number of amides is 1. The van der Waals surface area contributed by atoms with E-state index in [1.807, 2.05) is 32.6 Å². The van der Waals surface area contributed by atoms with Gasteiger partial charge in [-0.15, -0.1) is 0 Å². The minimum Gasteiger partial charge on any atom is -0.394 e. The Balaban J connectivity index is 1.95. The predicted octanol–water partition coefficient (Wildman–Crippen LogP) is 7.18. The number of aromatic nitrogens is 3. The molecule has 4 heterocycles. The number of carbonyl (C=O) groups excluding carboxylic acids is 1. The number of pyridine rings is 3. The largest absolute Gasteiger partial charge is 0.394 e. The lowest BCUT2D eigenvalue weighted by atomic mass is 10.0. The Morgan fingerprint density at radius 1 is 1.15 bits per heavy atom. The Morgan fingerprint density at radius 3 is 2.36 bits per heavy atom. The summed E-state index contributed by atoms with van der Waals surface area (Å²) >= 11 is 19.2. The summed E-state index contributed by atoms with van der Waals surface area (Å²) in [4.78, 5) is 40.0. The van der Waals surface area contributed by atoms with Gasteiger partial charge in [-0.2, -0.15) is 5.26 Å². The van der Waals surface area contributed by atoms with Crippen LogP contribution in [0.15, 0.2) is 35.8 Å².